The number of hydrogen-bond donors (Lipinski definition) is 2. The highest BCUT2D eigenvalue weighted by atomic mass is 32.2. The second-order valence-corrected chi connectivity index (χ2v) is 12.7. The fourth-order valence-electron chi connectivity index (χ4n) is 6.90. The predicted molar refractivity (Wildman–Crippen MR) is 163 cm³/mol. The molecule has 1 aromatic carbocycles. The van der Waals surface area contributed by atoms with Gasteiger partial charge in [-0.3, -0.25) is 14.6 Å². The number of piperazine rings is 1. The lowest BCUT2D eigenvalue weighted by Gasteiger charge is -2.58. The van der Waals surface area contributed by atoms with Gasteiger partial charge in [0, 0.05) is 39.1 Å². The standard InChI is InChI=1S/C30H42N8O5S/c1-21-25(44-27-33-32-19-34(27)4)12-9-13-29(21,35-16-14-31-15-17-35)37-28(40)36(22(2)23(3)39)38(41-5)30(37,26-18-42-20-43-26)24-10-7-6-8-11-24/h6-13,19,21-23,26,31,39H,14-18,20H2,1-5H3. The molecule has 1 aromatic heterocycles. The molecule has 3 saturated heterocycles. The van der Waals surface area contributed by atoms with E-state index in [1.54, 1.807) is 37.3 Å². The summed E-state index contributed by atoms with van der Waals surface area (Å²) in [6.45, 7) is 8.93. The Morgan fingerprint density at radius 3 is 2.57 bits per heavy atom. The van der Waals surface area contributed by atoms with Crippen molar-refractivity contribution in [3.8, 4) is 0 Å². The van der Waals surface area contributed by atoms with Crippen molar-refractivity contribution in [1.82, 2.24) is 40.1 Å². The molecule has 3 aliphatic heterocycles. The highest BCUT2D eigenvalue weighted by Gasteiger charge is 2.71. The smallest absolute Gasteiger partial charge is 0.340 e. The van der Waals surface area contributed by atoms with Crippen LogP contribution in [0.4, 0.5) is 4.79 Å². The van der Waals surface area contributed by atoms with Crippen molar-refractivity contribution in [2.24, 2.45) is 13.0 Å². The van der Waals surface area contributed by atoms with Gasteiger partial charge in [-0.05, 0) is 30.4 Å². The zero-order chi connectivity index (χ0) is 31.1. The number of aromatic nitrogens is 3. The first-order chi connectivity index (χ1) is 21.3. The van der Waals surface area contributed by atoms with Gasteiger partial charge >= 0.3 is 6.03 Å². The Morgan fingerprint density at radius 2 is 1.95 bits per heavy atom. The van der Waals surface area contributed by atoms with E-state index in [-0.39, 0.29) is 25.3 Å². The molecular weight excluding hydrogens is 584 g/mol. The van der Waals surface area contributed by atoms with E-state index in [0.29, 0.717) is 13.1 Å². The molecule has 3 fully saturated rings. The molecule has 44 heavy (non-hydrogen) atoms. The second kappa shape index (κ2) is 12.5. The Bertz CT molecular complexity index is 1380. The molecule has 0 saturated carbocycles. The number of nitrogens with zero attached hydrogens (tertiary/aromatic N) is 7. The van der Waals surface area contributed by atoms with Gasteiger partial charge in [-0.25, -0.2) is 9.80 Å². The fourth-order valence-corrected chi connectivity index (χ4v) is 7.89. The third-order valence-corrected chi connectivity index (χ3v) is 10.5. The summed E-state index contributed by atoms with van der Waals surface area (Å²) in [6, 6.07) is 8.93. The van der Waals surface area contributed by atoms with Crippen LogP contribution in [-0.2, 0) is 27.0 Å². The minimum Gasteiger partial charge on any atom is -0.391 e. The second-order valence-electron chi connectivity index (χ2n) is 11.6. The number of aliphatic hydroxyl groups is 1. The number of aryl methyl sites for hydroxylation is 1. The minimum atomic E-state index is -1.31. The molecule has 13 nitrogen and oxygen atoms in total. The summed E-state index contributed by atoms with van der Waals surface area (Å²) in [5, 5.41) is 26.7. The van der Waals surface area contributed by atoms with E-state index >= 15 is 4.79 Å². The van der Waals surface area contributed by atoms with E-state index in [0.717, 1.165) is 28.7 Å². The number of aliphatic hydroxyl groups excluding tert-OH is 1. The van der Waals surface area contributed by atoms with Crippen molar-refractivity contribution >= 4 is 17.8 Å². The molecule has 6 unspecified atom stereocenters. The zero-order valence-corrected chi connectivity index (χ0v) is 26.7. The average molecular weight is 627 g/mol. The van der Waals surface area contributed by atoms with Crippen molar-refractivity contribution in [1.29, 1.82) is 0 Å². The summed E-state index contributed by atoms with van der Waals surface area (Å²) in [4.78, 5) is 26.9. The summed E-state index contributed by atoms with van der Waals surface area (Å²) in [5.41, 5.74) is -1.49. The first kappa shape index (κ1) is 31.2. The van der Waals surface area contributed by atoms with Gasteiger partial charge in [0.2, 0.25) is 0 Å². The molecule has 6 rings (SSSR count). The van der Waals surface area contributed by atoms with Gasteiger partial charge < -0.3 is 24.5 Å². The SMILES string of the molecule is CON1N(C(C)C(C)O)C(=O)N(C2(N3CCNCC3)C=CC=C(Sc3nncn3C)C2C)C1(c1ccccc1)C1COCO1. The molecule has 4 heterocycles. The molecule has 6 atom stereocenters. The van der Waals surface area contributed by atoms with Crippen LogP contribution in [0.25, 0.3) is 0 Å². The topological polar surface area (TPSA) is 121 Å². The van der Waals surface area contributed by atoms with Crippen molar-refractivity contribution in [2.45, 2.75) is 55.5 Å². The monoisotopic (exact) mass is 626 g/mol. The Labute approximate surface area is 262 Å². The van der Waals surface area contributed by atoms with Crippen molar-refractivity contribution in [3.05, 3.63) is 65.4 Å². The van der Waals surface area contributed by atoms with Crippen LogP contribution in [0.2, 0.25) is 0 Å². The van der Waals surface area contributed by atoms with Gasteiger partial charge in [-0.15, -0.1) is 10.2 Å². The Balaban J connectivity index is 1.62. The number of hydrogen-bond acceptors (Lipinski definition) is 11. The summed E-state index contributed by atoms with van der Waals surface area (Å²) in [7, 11) is 3.47. The quantitative estimate of drug-likeness (QED) is 0.426. The number of thioether (sulfide) groups is 1. The fraction of sp³-hybridized carbons (Fsp3) is 0.567. The molecule has 2 N–H and O–H groups in total. The van der Waals surface area contributed by atoms with Gasteiger partial charge in [0.25, 0.3) is 0 Å². The van der Waals surface area contributed by atoms with Crippen molar-refractivity contribution in [2.75, 3.05) is 46.7 Å². The number of nitrogens with one attached hydrogen (secondary N) is 1. The molecule has 0 radical (unpaired) electrons. The maximum Gasteiger partial charge on any atom is 0.340 e. The van der Waals surface area contributed by atoms with Gasteiger partial charge in [-0.2, -0.15) is 0 Å². The summed E-state index contributed by atoms with van der Waals surface area (Å²) in [6.07, 6.45) is 6.48. The highest BCUT2D eigenvalue weighted by Crippen LogP contribution is 2.55. The number of benzene rings is 1. The van der Waals surface area contributed by atoms with Crippen LogP contribution < -0.4 is 5.32 Å². The van der Waals surface area contributed by atoms with Crippen LogP contribution in [0.5, 0.6) is 0 Å². The van der Waals surface area contributed by atoms with Gasteiger partial charge in [0.15, 0.2) is 10.8 Å². The van der Waals surface area contributed by atoms with E-state index in [4.69, 9.17) is 14.3 Å². The third-order valence-electron chi connectivity index (χ3n) is 9.27. The maximum atomic E-state index is 15.3. The van der Waals surface area contributed by atoms with E-state index in [9.17, 15) is 5.11 Å². The zero-order valence-electron chi connectivity index (χ0n) is 25.9. The molecule has 4 aliphatic rings. The maximum absolute atomic E-state index is 15.3. The van der Waals surface area contributed by atoms with E-state index in [1.807, 2.05) is 59.8 Å². The highest BCUT2D eigenvalue weighted by molar-refractivity contribution is 8.03. The molecule has 0 spiro atoms. The van der Waals surface area contributed by atoms with Gasteiger partial charge in [0.1, 0.15) is 24.9 Å². The predicted octanol–water partition coefficient (Wildman–Crippen LogP) is 2.11. The number of carbonyl (C=O) groups is 1. The van der Waals surface area contributed by atoms with E-state index in [2.05, 4.69) is 39.5 Å². The largest absolute Gasteiger partial charge is 0.391 e. The Kier molecular flexibility index (Phi) is 8.87. The minimum absolute atomic E-state index is 0.0873. The van der Waals surface area contributed by atoms with Crippen LogP contribution in [0, 0.1) is 5.92 Å². The summed E-state index contributed by atoms with van der Waals surface area (Å²) in [5.74, 6) is -0.220. The Hall–Kier alpha value is -2.82. The van der Waals surface area contributed by atoms with Crippen LogP contribution in [-0.4, -0.2) is 116 Å². The average Bonchev–Trinajstić information content (AvgIpc) is 3.78. The van der Waals surface area contributed by atoms with E-state index in [1.165, 1.54) is 5.01 Å². The molecule has 14 heteroatoms. The molecule has 2 amide bonds. The van der Waals surface area contributed by atoms with Crippen molar-refractivity contribution < 1.29 is 24.2 Å². The van der Waals surface area contributed by atoms with Crippen LogP contribution >= 0.6 is 11.8 Å². The number of hydrazine groups is 1. The summed E-state index contributed by atoms with van der Waals surface area (Å²) < 4.78 is 14.1. The normalized spacial score (nSPS) is 31.5. The van der Waals surface area contributed by atoms with Crippen LogP contribution in [0.1, 0.15) is 26.3 Å². The van der Waals surface area contributed by atoms with Crippen molar-refractivity contribution in [3.63, 3.8) is 0 Å². The number of ether oxygens (including phenoxy) is 2. The first-order valence-electron chi connectivity index (χ1n) is 15.1. The van der Waals surface area contributed by atoms with Gasteiger partial charge in [0.05, 0.1) is 25.9 Å². The number of hydroxylamine groups is 1. The lowest BCUT2D eigenvalue weighted by atomic mass is 9.81. The first-order valence-corrected chi connectivity index (χ1v) is 15.9. The molecular formula is C30H42N8O5S. The molecule has 238 valence electrons. The lowest BCUT2D eigenvalue weighted by molar-refractivity contribution is -0.341. The van der Waals surface area contributed by atoms with Crippen LogP contribution in [0.3, 0.4) is 0 Å². The molecule has 1 aliphatic carbocycles. The number of allylic oxidation sites excluding steroid dienone is 2. The third kappa shape index (κ3) is 4.79. The number of carbonyl (C=O) groups excluding carboxylic acids is 1. The van der Waals surface area contributed by atoms with E-state index < -0.39 is 29.6 Å². The number of amides is 2. The lowest BCUT2D eigenvalue weighted by Crippen LogP contribution is -2.74. The summed E-state index contributed by atoms with van der Waals surface area (Å²) >= 11 is 1.54. The van der Waals surface area contributed by atoms with Gasteiger partial charge in [-0.1, -0.05) is 66.3 Å². The number of urea groups is 1. The van der Waals surface area contributed by atoms with Crippen LogP contribution in [0.15, 0.2) is 64.9 Å². The molecule has 0 bridgehead atoms. The molecule has 2 aromatic rings. The Morgan fingerprint density at radius 1 is 1.20 bits per heavy atom. The number of rotatable bonds is 9.